The van der Waals surface area contributed by atoms with Crippen LogP contribution in [0.5, 0.6) is 0 Å². The number of alkyl carbamates (subject to hydrolysis) is 1. The Morgan fingerprint density at radius 2 is 1.90 bits per heavy atom. The van der Waals surface area contributed by atoms with Crippen LogP contribution < -0.4 is 5.32 Å². The molecule has 0 aromatic rings. The van der Waals surface area contributed by atoms with Crippen LogP contribution in [0.2, 0.25) is 0 Å². The summed E-state index contributed by atoms with van der Waals surface area (Å²) in [5.74, 6) is -0.977. The molecule has 3 aliphatic heterocycles. The number of amides is 3. The summed E-state index contributed by atoms with van der Waals surface area (Å²) in [6.45, 7) is 2.41. The molecule has 3 aliphatic rings. The topological polar surface area (TPSA) is 84.9 Å². The van der Waals surface area contributed by atoms with Gasteiger partial charge in [-0.05, 0) is 19.8 Å². The first-order chi connectivity index (χ1) is 9.63. The zero-order valence-electron chi connectivity index (χ0n) is 11.3. The first-order valence-electron chi connectivity index (χ1n) is 7.04. The summed E-state index contributed by atoms with van der Waals surface area (Å²) >= 11 is 0. The number of fused-ring (bicyclic) bond motifs is 5. The van der Waals surface area contributed by atoms with E-state index in [4.69, 9.17) is 9.47 Å². The molecule has 20 heavy (non-hydrogen) atoms. The number of hydrogen-bond acceptors (Lipinski definition) is 5. The van der Waals surface area contributed by atoms with Crippen molar-refractivity contribution in [3.8, 4) is 0 Å². The molecular formula is C13H18N2O5. The Hall–Kier alpha value is -1.63. The summed E-state index contributed by atoms with van der Waals surface area (Å²) in [6.07, 6.45) is 0.976. The third kappa shape index (κ3) is 1.96. The summed E-state index contributed by atoms with van der Waals surface area (Å²) in [5, 5.41) is 2.49. The third-order valence-corrected chi connectivity index (χ3v) is 4.24. The fourth-order valence-corrected chi connectivity index (χ4v) is 3.42. The number of likely N-dealkylation sites (tertiary alicyclic amines) is 1. The van der Waals surface area contributed by atoms with Crippen LogP contribution in [0.1, 0.15) is 19.8 Å². The van der Waals surface area contributed by atoms with E-state index in [0.29, 0.717) is 6.54 Å². The van der Waals surface area contributed by atoms with Crippen molar-refractivity contribution < 1.29 is 23.9 Å². The van der Waals surface area contributed by atoms with Gasteiger partial charge in [-0.15, -0.1) is 0 Å². The lowest BCUT2D eigenvalue weighted by atomic mass is 9.81. The second kappa shape index (κ2) is 5.05. The molecule has 0 aliphatic carbocycles. The molecule has 3 amide bonds. The lowest BCUT2D eigenvalue weighted by Gasteiger charge is -2.17. The van der Waals surface area contributed by atoms with Crippen LogP contribution in [0, 0.1) is 11.8 Å². The van der Waals surface area contributed by atoms with E-state index in [0.717, 1.165) is 12.8 Å². The zero-order valence-corrected chi connectivity index (χ0v) is 11.3. The Kier molecular flexibility index (Phi) is 3.37. The Morgan fingerprint density at radius 1 is 1.30 bits per heavy atom. The average Bonchev–Trinajstić information content (AvgIpc) is 3.08. The molecule has 0 spiro atoms. The molecule has 0 radical (unpaired) electrons. The van der Waals surface area contributed by atoms with Gasteiger partial charge >= 0.3 is 6.09 Å². The molecule has 3 fully saturated rings. The molecule has 7 nitrogen and oxygen atoms in total. The number of rotatable bonds is 4. The van der Waals surface area contributed by atoms with Crippen LogP contribution in [-0.2, 0) is 19.1 Å². The third-order valence-electron chi connectivity index (χ3n) is 4.24. The molecular weight excluding hydrogens is 264 g/mol. The Bertz CT molecular complexity index is 424. The van der Waals surface area contributed by atoms with Crippen molar-refractivity contribution >= 4 is 17.9 Å². The zero-order chi connectivity index (χ0) is 14.3. The van der Waals surface area contributed by atoms with Gasteiger partial charge < -0.3 is 14.8 Å². The van der Waals surface area contributed by atoms with Gasteiger partial charge in [0.1, 0.15) is 6.61 Å². The highest BCUT2D eigenvalue weighted by molar-refractivity contribution is 6.06. The maximum atomic E-state index is 12.3. The summed E-state index contributed by atoms with van der Waals surface area (Å²) in [6, 6.07) is 0. The number of nitrogens with one attached hydrogen (secondary N) is 1. The molecule has 1 N–H and O–H groups in total. The van der Waals surface area contributed by atoms with E-state index < -0.39 is 6.09 Å². The molecule has 110 valence electrons. The van der Waals surface area contributed by atoms with Crippen molar-refractivity contribution in [3.05, 3.63) is 0 Å². The smallest absolute Gasteiger partial charge is 0.407 e. The van der Waals surface area contributed by atoms with E-state index in [1.165, 1.54) is 4.90 Å². The largest absolute Gasteiger partial charge is 0.448 e. The van der Waals surface area contributed by atoms with Crippen LogP contribution in [-0.4, -0.2) is 54.7 Å². The lowest BCUT2D eigenvalue weighted by Crippen LogP contribution is -2.37. The van der Waals surface area contributed by atoms with Crippen molar-refractivity contribution in [2.45, 2.75) is 32.0 Å². The van der Waals surface area contributed by atoms with Gasteiger partial charge in [0, 0.05) is 6.54 Å². The van der Waals surface area contributed by atoms with Crippen molar-refractivity contribution in [1.29, 1.82) is 0 Å². The Balaban J connectivity index is 1.57. The van der Waals surface area contributed by atoms with E-state index in [-0.39, 0.29) is 49.0 Å². The molecule has 0 aromatic carbocycles. The van der Waals surface area contributed by atoms with Gasteiger partial charge in [0.25, 0.3) is 0 Å². The van der Waals surface area contributed by atoms with Gasteiger partial charge in [0.2, 0.25) is 11.8 Å². The number of nitrogens with zero attached hydrogens (tertiary/aromatic N) is 1. The fraction of sp³-hybridized carbons (Fsp3) is 0.769. The van der Waals surface area contributed by atoms with Crippen LogP contribution in [0.4, 0.5) is 4.79 Å². The molecule has 3 saturated heterocycles. The quantitative estimate of drug-likeness (QED) is 0.728. The highest BCUT2D eigenvalue weighted by atomic mass is 16.5. The minimum atomic E-state index is -0.532. The van der Waals surface area contributed by atoms with E-state index in [1.807, 2.05) is 0 Å². The van der Waals surface area contributed by atoms with Crippen LogP contribution in [0.3, 0.4) is 0 Å². The molecule has 7 heteroatoms. The fourth-order valence-electron chi connectivity index (χ4n) is 3.42. The van der Waals surface area contributed by atoms with E-state index in [9.17, 15) is 14.4 Å². The first kappa shape index (κ1) is 13.4. The molecule has 2 bridgehead atoms. The number of carbonyl (C=O) groups is 3. The second-order valence-corrected chi connectivity index (χ2v) is 5.34. The summed E-state index contributed by atoms with van der Waals surface area (Å²) < 4.78 is 10.5. The lowest BCUT2D eigenvalue weighted by molar-refractivity contribution is -0.143. The maximum Gasteiger partial charge on any atom is 0.407 e. The van der Waals surface area contributed by atoms with E-state index >= 15 is 0 Å². The SMILES string of the molecule is CCNC(=O)OCCN1C(=O)[C@@H]2[C@@H](C1=O)[C@H]1CC[C@@H]2O1. The average molecular weight is 282 g/mol. The number of carbonyl (C=O) groups excluding carboxylic acids is 3. The standard InChI is InChI=1S/C13H18N2O5/c1-2-14-13(18)19-6-5-15-11(16)9-7-3-4-8(20-7)10(9)12(15)17/h7-10H,2-6H2,1H3,(H,14,18)/t7-,8+,9-,10-/m0/s1. The maximum absolute atomic E-state index is 12.3. The van der Waals surface area contributed by atoms with Gasteiger partial charge in [-0.25, -0.2) is 4.79 Å². The number of hydrogen-bond donors (Lipinski definition) is 1. The number of imide groups is 1. The summed E-state index contributed by atoms with van der Waals surface area (Å²) in [7, 11) is 0. The second-order valence-electron chi connectivity index (χ2n) is 5.34. The highest BCUT2D eigenvalue weighted by Crippen LogP contribution is 2.48. The van der Waals surface area contributed by atoms with Crippen LogP contribution >= 0.6 is 0 Å². The minimum absolute atomic E-state index is 0.0267. The van der Waals surface area contributed by atoms with E-state index in [1.54, 1.807) is 6.92 Å². The Morgan fingerprint density at radius 3 is 2.45 bits per heavy atom. The highest BCUT2D eigenvalue weighted by Gasteiger charge is 2.62. The molecule has 0 aromatic heterocycles. The van der Waals surface area contributed by atoms with Crippen LogP contribution in [0.15, 0.2) is 0 Å². The van der Waals surface area contributed by atoms with Gasteiger partial charge in [-0.1, -0.05) is 0 Å². The van der Waals surface area contributed by atoms with Crippen molar-refractivity contribution in [2.24, 2.45) is 11.8 Å². The molecule has 0 saturated carbocycles. The summed E-state index contributed by atoms with van der Waals surface area (Å²) in [4.78, 5) is 36.9. The van der Waals surface area contributed by atoms with Crippen molar-refractivity contribution in [1.82, 2.24) is 10.2 Å². The normalized spacial score (nSPS) is 34.5. The monoisotopic (exact) mass is 282 g/mol. The van der Waals surface area contributed by atoms with Gasteiger partial charge in [-0.3, -0.25) is 14.5 Å². The predicted octanol–water partition coefficient (Wildman–Crippen LogP) is -0.105. The number of ether oxygens (including phenoxy) is 2. The predicted molar refractivity (Wildman–Crippen MR) is 66.6 cm³/mol. The van der Waals surface area contributed by atoms with Crippen LogP contribution in [0.25, 0.3) is 0 Å². The van der Waals surface area contributed by atoms with Crippen molar-refractivity contribution in [2.75, 3.05) is 19.7 Å². The minimum Gasteiger partial charge on any atom is -0.448 e. The molecule has 3 heterocycles. The van der Waals surface area contributed by atoms with Gasteiger partial charge in [0.05, 0.1) is 30.6 Å². The van der Waals surface area contributed by atoms with Gasteiger partial charge in [-0.2, -0.15) is 0 Å². The summed E-state index contributed by atoms with van der Waals surface area (Å²) in [5.41, 5.74) is 0. The molecule has 0 unspecified atom stereocenters. The Labute approximate surface area is 116 Å². The molecule has 3 rings (SSSR count). The molecule has 4 atom stereocenters. The van der Waals surface area contributed by atoms with E-state index in [2.05, 4.69) is 5.32 Å². The van der Waals surface area contributed by atoms with Gasteiger partial charge in [0.15, 0.2) is 0 Å². The van der Waals surface area contributed by atoms with Crippen molar-refractivity contribution in [3.63, 3.8) is 0 Å². The first-order valence-corrected chi connectivity index (χ1v) is 7.04.